The smallest absolute Gasteiger partial charge is 0.246 e. The first-order valence-electron chi connectivity index (χ1n) is 8.88. The van der Waals surface area contributed by atoms with Gasteiger partial charge in [0.25, 0.3) is 0 Å². The van der Waals surface area contributed by atoms with E-state index in [2.05, 4.69) is 23.6 Å². The molecule has 1 heterocycles. The Balaban J connectivity index is 1.86. The van der Waals surface area contributed by atoms with Gasteiger partial charge in [0.1, 0.15) is 11.8 Å². The molecular weight excluding hydrogens is 356 g/mol. The van der Waals surface area contributed by atoms with E-state index in [0.29, 0.717) is 11.4 Å². The number of benzene rings is 2. The minimum atomic E-state index is -0.478. The van der Waals surface area contributed by atoms with E-state index < -0.39 is 6.04 Å². The second-order valence-corrected chi connectivity index (χ2v) is 7.42. The number of rotatable bonds is 7. The fraction of sp³-hybridized carbons (Fsp3) is 0.227. The van der Waals surface area contributed by atoms with Crippen molar-refractivity contribution in [2.75, 3.05) is 12.4 Å². The summed E-state index contributed by atoms with van der Waals surface area (Å²) < 4.78 is 5.39. The normalized spacial score (nSPS) is 13.0. The lowest BCUT2D eigenvalue weighted by atomic mass is 10.0. The topological polar surface area (TPSA) is 50.4 Å². The number of carbonyl (C=O) groups is 1. The van der Waals surface area contributed by atoms with Crippen LogP contribution in [0, 0.1) is 6.92 Å². The van der Waals surface area contributed by atoms with Gasteiger partial charge in [-0.05, 0) is 48.6 Å². The monoisotopic (exact) mass is 380 g/mol. The van der Waals surface area contributed by atoms with Crippen LogP contribution < -0.4 is 15.4 Å². The minimum absolute atomic E-state index is 0.0559. The standard InChI is InChI=1S/C22H24N2O2S/c1-15-11-12-19(26-3)18(14-15)24-22(25)21(17-8-5-4-6-9-17)23-16(2)20-10-7-13-27-20/h4-14,16,21,23H,1-3H3,(H,24,25)/t16-,21+/m0/s1. The zero-order valence-corrected chi connectivity index (χ0v) is 16.5. The highest BCUT2D eigenvalue weighted by Gasteiger charge is 2.24. The summed E-state index contributed by atoms with van der Waals surface area (Å²) in [5.74, 6) is 0.528. The minimum Gasteiger partial charge on any atom is -0.495 e. The first-order valence-corrected chi connectivity index (χ1v) is 9.76. The van der Waals surface area contributed by atoms with Gasteiger partial charge in [0.2, 0.25) is 5.91 Å². The number of ether oxygens (including phenoxy) is 1. The van der Waals surface area contributed by atoms with Crippen molar-refractivity contribution in [3.8, 4) is 5.75 Å². The molecule has 1 aromatic heterocycles. The summed E-state index contributed by atoms with van der Waals surface area (Å²) in [4.78, 5) is 14.4. The summed E-state index contributed by atoms with van der Waals surface area (Å²) in [7, 11) is 1.60. The number of carbonyl (C=O) groups excluding carboxylic acids is 1. The molecule has 27 heavy (non-hydrogen) atoms. The number of methoxy groups -OCH3 is 1. The predicted molar refractivity (Wildman–Crippen MR) is 111 cm³/mol. The molecule has 0 aliphatic heterocycles. The molecule has 0 fully saturated rings. The van der Waals surface area contributed by atoms with Crippen LogP contribution in [0.2, 0.25) is 0 Å². The third-order valence-corrected chi connectivity index (χ3v) is 5.45. The van der Waals surface area contributed by atoms with Gasteiger partial charge in [0.05, 0.1) is 12.8 Å². The molecule has 0 radical (unpaired) electrons. The Kier molecular flexibility index (Phi) is 6.27. The summed E-state index contributed by atoms with van der Waals surface area (Å²) in [6, 6.07) is 19.2. The van der Waals surface area contributed by atoms with E-state index in [1.165, 1.54) is 4.88 Å². The summed E-state index contributed by atoms with van der Waals surface area (Å²) >= 11 is 1.68. The molecule has 1 amide bonds. The maximum absolute atomic E-state index is 13.2. The SMILES string of the molecule is COc1ccc(C)cc1NC(=O)[C@H](N[C@@H](C)c1cccs1)c1ccccc1. The predicted octanol–water partition coefficient (Wildman–Crippen LogP) is 5.10. The largest absolute Gasteiger partial charge is 0.495 e. The van der Waals surface area contributed by atoms with Crippen molar-refractivity contribution in [3.05, 3.63) is 82.0 Å². The number of aryl methyl sites for hydroxylation is 1. The van der Waals surface area contributed by atoms with E-state index in [1.807, 2.05) is 66.9 Å². The highest BCUT2D eigenvalue weighted by Crippen LogP contribution is 2.28. The number of nitrogens with one attached hydrogen (secondary N) is 2. The molecule has 2 aromatic carbocycles. The lowest BCUT2D eigenvalue weighted by Gasteiger charge is -2.23. The van der Waals surface area contributed by atoms with Crippen LogP contribution in [0.25, 0.3) is 0 Å². The lowest BCUT2D eigenvalue weighted by Crippen LogP contribution is -2.34. The van der Waals surface area contributed by atoms with Crippen LogP contribution >= 0.6 is 11.3 Å². The lowest BCUT2D eigenvalue weighted by molar-refractivity contribution is -0.118. The van der Waals surface area contributed by atoms with Gasteiger partial charge in [-0.2, -0.15) is 0 Å². The van der Waals surface area contributed by atoms with E-state index in [9.17, 15) is 4.79 Å². The Labute approximate surface area is 164 Å². The third-order valence-electron chi connectivity index (χ3n) is 4.39. The number of thiophene rings is 1. The Morgan fingerprint density at radius 2 is 1.85 bits per heavy atom. The molecule has 0 bridgehead atoms. The number of amides is 1. The van der Waals surface area contributed by atoms with Gasteiger partial charge in [-0.3, -0.25) is 10.1 Å². The van der Waals surface area contributed by atoms with Gasteiger partial charge in [-0.15, -0.1) is 11.3 Å². The van der Waals surface area contributed by atoms with Crippen LogP contribution in [0.3, 0.4) is 0 Å². The first kappa shape index (κ1) is 19.1. The summed E-state index contributed by atoms with van der Waals surface area (Å²) in [6.07, 6.45) is 0. The maximum atomic E-state index is 13.2. The van der Waals surface area contributed by atoms with Crippen molar-refractivity contribution in [1.82, 2.24) is 5.32 Å². The molecule has 0 saturated carbocycles. The zero-order valence-electron chi connectivity index (χ0n) is 15.7. The fourth-order valence-corrected chi connectivity index (χ4v) is 3.71. The maximum Gasteiger partial charge on any atom is 0.246 e. The van der Waals surface area contributed by atoms with Crippen LogP contribution in [0.5, 0.6) is 5.75 Å². The van der Waals surface area contributed by atoms with Crippen molar-refractivity contribution in [1.29, 1.82) is 0 Å². The van der Waals surface area contributed by atoms with Crippen LogP contribution in [-0.2, 0) is 4.79 Å². The van der Waals surface area contributed by atoms with Gasteiger partial charge in [0.15, 0.2) is 0 Å². The van der Waals surface area contributed by atoms with E-state index in [-0.39, 0.29) is 11.9 Å². The van der Waals surface area contributed by atoms with Crippen LogP contribution in [-0.4, -0.2) is 13.0 Å². The second-order valence-electron chi connectivity index (χ2n) is 6.44. The molecule has 0 spiro atoms. The van der Waals surface area contributed by atoms with E-state index >= 15 is 0 Å². The average Bonchev–Trinajstić information content (AvgIpc) is 3.21. The highest BCUT2D eigenvalue weighted by atomic mass is 32.1. The van der Waals surface area contributed by atoms with Crippen molar-refractivity contribution in [3.63, 3.8) is 0 Å². The van der Waals surface area contributed by atoms with Gasteiger partial charge in [0, 0.05) is 10.9 Å². The van der Waals surface area contributed by atoms with Gasteiger partial charge in [-0.25, -0.2) is 0 Å². The highest BCUT2D eigenvalue weighted by molar-refractivity contribution is 7.10. The first-order chi connectivity index (χ1) is 13.1. The molecule has 0 aliphatic rings. The van der Waals surface area contributed by atoms with Crippen molar-refractivity contribution < 1.29 is 9.53 Å². The molecule has 2 N–H and O–H groups in total. The molecule has 5 heteroatoms. The quantitative estimate of drug-likeness (QED) is 0.600. The molecule has 0 unspecified atom stereocenters. The summed E-state index contributed by atoms with van der Waals surface area (Å²) in [6.45, 7) is 4.06. The molecule has 3 rings (SSSR count). The molecule has 0 saturated heterocycles. The fourth-order valence-electron chi connectivity index (χ4n) is 2.96. The number of anilines is 1. The number of hydrogen-bond donors (Lipinski definition) is 2. The molecule has 3 aromatic rings. The van der Waals surface area contributed by atoms with Crippen LogP contribution in [0.4, 0.5) is 5.69 Å². The second kappa shape index (κ2) is 8.84. The van der Waals surface area contributed by atoms with E-state index in [1.54, 1.807) is 18.4 Å². The Morgan fingerprint density at radius 3 is 2.52 bits per heavy atom. The van der Waals surface area contributed by atoms with E-state index in [0.717, 1.165) is 11.1 Å². The third kappa shape index (κ3) is 4.76. The summed E-state index contributed by atoms with van der Waals surface area (Å²) in [5, 5.41) is 8.54. The molecule has 0 aliphatic carbocycles. The Hall–Kier alpha value is -2.63. The average molecular weight is 381 g/mol. The number of hydrogen-bond acceptors (Lipinski definition) is 4. The van der Waals surface area contributed by atoms with Crippen molar-refractivity contribution >= 4 is 22.9 Å². The van der Waals surface area contributed by atoms with Gasteiger partial charge < -0.3 is 10.1 Å². The van der Waals surface area contributed by atoms with Gasteiger partial charge in [-0.1, -0.05) is 42.5 Å². The molecule has 2 atom stereocenters. The molecule has 4 nitrogen and oxygen atoms in total. The van der Waals surface area contributed by atoms with Gasteiger partial charge >= 0.3 is 0 Å². The Bertz CT molecular complexity index is 879. The van der Waals surface area contributed by atoms with E-state index in [4.69, 9.17) is 4.74 Å². The van der Waals surface area contributed by atoms with Crippen molar-refractivity contribution in [2.24, 2.45) is 0 Å². The van der Waals surface area contributed by atoms with Crippen molar-refractivity contribution in [2.45, 2.75) is 25.9 Å². The zero-order chi connectivity index (χ0) is 19.2. The molecular formula is C22H24N2O2S. The van der Waals surface area contributed by atoms with Crippen LogP contribution in [0.1, 0.15) is 35.0 Å². The molecule has 140 valence electrons. The van der Waals surface area contributed by atoms with Crippen LogP contribution in [0.15, 0.2) is 66.0 Å². The summed E-state index contributed by atoms with van der Waals surface area (Å²) in [5.41, 5.74) is 2.65. The Morgan fingerprint density at radius 1 is 1.07 bits per heavy atom.